The van der Waals surface area contributed by atoms with Crippen LogP contribution >= 0.6 is 11.8 Å². The predicted octanol–water partition coefficient (Wildman–Crippen LogP) is 1.64. The highest BCUT2D eigenvalue weighted by Gasteiger charge is 2.43. The highest BCUT2D eigenvalue weighted by molar-refractivity contribution is 7.99. The Morgan fingerprint density at radius 1 is 1.30 bits per heavy atom. The summed E-state index contributed by atoms with van der Waals surface area (Å²) in [5, 5.41) is 29.8. The second kappa shape index (κ2) is 10.2. The van der Waals surface area contributed by atoms with Gasteiger partial charge < -0.3 is 20.1 Å². The first-order valence-electron chi connectivity index (χ1n) is 8.97. The monoisotopic (exact) mass is 396 g/mol. The van der Waals surface area contributed by atoms with E-state index in [2.05, 4.69) is 37.9 Å². The van der Waals surface area contributed by atoms with Crippen LogP contribution in [0.15, 0.2) is 45.5 Å². The molecule has 4 atom stereocenters. The third kappa shape index (κ3) is 6.02. The number of hydrogen-bond acceptors (Lipinski definition) is 7. The van der Waals surface area contributed by atoms with Gasteiger partial charge in [-0.05, 0) is 33.6 Å². The van der Waals surface area contributed by atoms with Gasteiger partial charge in [0.15, 0.2) is 11.4 Å². The fraction of sp³-hybridized carbons (Fsp3) is 0.579. The SMILES string of the molecule is CC(C)=CCC/C(C)=C/CSc1nc(=O)ccn1C1OC(CO)C(O)C1O. The zero-order valence-electron chi connectivity index (χ0n) is 15.9. The van der Waals surface area contributed by atoms with Gasteiger partial charge in [-0.15, -0.1) is 0 Å². The van der Waals surface area contributed by atoms with Gasteiger partial charge in [0, 0.05) is 18.0 Å². The van der Waals surface area contributed by atoms with Crippen molar-refractivity contribution in [2.75, 3.05) is 12.4 Å². The van der Waals surface area contributed by atoms with Crippen LogP contribution in [0.25, 0.3) is 0 Å². The number of aliphatic hydroxyl groups is 3. The summed E-state index contributed by atoms with van der Waals surface area (Å²) in [6.45, 7) is 5.81. The summed E-state index contributed by atoms with van der Waals surface area (Å²) in [4.78, 5) is 15.7. The van der Waals surface area contributed by atoms with Crippen LogP contribution in [-0.4, -0.2) is 55.5 Å². The Labute approximate surface area is 163 Å². The van der Waals surface area contributed by atoms with Crippen LogP contribution in [0.3, 0.4) is 0 Å². The summed E-state index contributed by atoms with van der Waals surface area (Å²) in [7, 11) is 0. The Morgan fingerprint density at radius 3 is 2.67 bits per heavy atom. The summed E-state index contributed by atoms with van der Waals surface area (Å²) in [6, 6.07) is 1.28. The van der Waals surface area contributed by atoms with E-state index in [1.165, 1.54) is 39.7 Å². The lowest BCUT2D eigenvalue weighted by molar-refractivity contribution is -0.0577. The van der Waals surface area contributed by atoms with E-state index >= 15 is 0 Å². The number of allylic oxidation sites excluding steroid dienone is 3. The molecule has 1 aliphatic heterocycles. The number of aliphatic hydroxyl groups excluding tert-OH is 3. The van der Waals surface area contributed by atoms with Gasteiger partial charge >= 0.3 is 0 Å². The maximum Gasteiger partial charge on any atom is 0.273 e. The summed E-state index contributed by atoms with van der Waals surface area (Å²) < 4.78 is 7.07. The molecule has 8 heteroatoms. The quantitative estimate of drug-likeness (QED) is 0.348. The number of aromatic nitrogens is 2. The standard InChI is InChI=1S/C19H28N2O5S/c1-12(2)5-4-6-13(3)8-10-27-19-20-15(23)7-9-21(19)18-17(25)16(24)14(11-22)26-18/h5,7-9,14,16-18,22,24-25H,4,6,10-11H2,1-3H3/b13-8+. The highest BCUT2D eigenvalue weighted by Crippen LogP contribution is 2.31. The molecule has 0 bridgehead atoms. The lowest BCUT2D eigenvalue weighted by atomic mass is 10.1. The molecule has 0 aromatic carbocycles. The third-order valence-electron chi connectivity index (χ3n) is 4.33. The molecule has 1 fully saturated rings. The molecule has 1 saturated heterocycles. The Morgan fingerprint density at radius 2 is 2.04 bits per heavy atom. The molecule has 150 valence electrons. The van der Waals surface area contributed by atoms with E-state index in [9.17, 15) is 20.1 Å². The number of thioether (sulfide) groups is 1. The summed E-state index contributed by atoms with van der Waals surface area (Å²) >= 11 is 1.35. The molecule has 7 nitrogen and oxygen atoms in total. The predicted molar refractivity (Wildman–Crippen MR) is 105 cm³/mol. The molecule has 0 spiro atoms. The minimum atomic E-state index is -1.22. The first kappa shape index (κ1) is 21.8. The average Bonchev–Trinajstić information content (AvgIpc) is 2.90. The van der Waals surface area contributed by atoms with Gasteiger partial charge in [0.2, 0.25) is 0 Å². The molecule has 0 aliphatic carbocycles. The normalized spacial score (nSPS) is 25.6. The third-order valence-corrected chi connectivity index (χ3v) is 5.22. The Hall–Kier alpha value is -1.45. The summed E-state index contributed by atoms with van der Waals surface area (Å²) in [5.41, 5.74) is 2.16. The number of rotatable bonds is 8. The van der Waals surface area contributed by atoms with E-state index in [1.807, 2.05) is 0 Å². The van der Waals surface area contributed by atoms with E-state index in [1.54, 1.807) is 0 Å². The molecule has 1 aromatic heterocycles. The lowest BCUT2D eigenvalue weighted by Gasteiger charge is -2.20. The van der Waals surface area contributed by atoms with Crippen molar-refractivity contribution in [1.82, 2.24) is 9.55 Å². The average molecular weight is 397 g/mol. The number of ether oxygens (including phenoxy) is 1. The van der Waals surface area contributed by atoms with Gasteiger partial charge in [-0.3, -0.25) is 9.36 Å². The molecular formula is C19H28N2O5S. The zero-order valence-corrected chi connectivity index (χ0v) is 16.7. The minimum absolute atomic E-state index is 0.384. The molecule has 1 aliphatic rings. The number of hydrogen-bond donors (Lipinski definition) is 3. The smallest absolute Gasteiger partial charge is 0.273 e. The van der Waals surface area contributed by atoms with Crippen molar-refractivity contribution in [3.8, 4) is 0 Å². The molecule has 0 saturated carbocycles. The van der Waals surface area contributed by atoms with Crippen LogP contribution in [0.5, 0.6) is 0 Å². The second-order valence-corrected chi connectivity index (χ2v) is 7.85. The van der Waals surface area contributed by atoms with Crippen molar-refractivity contribution in [1.29, 1.82) is 0 Å². The molecular weight excluding hydrogens is 368 g/mol. The fourth-order valence-electron chi connectivity index (χ4n) is 2.76. The summed E-state index contributed by atoms with van der Waals surface area (Å²) in [5.74, 6) is 0.617. The van der Waals surface area contributed by atoms with Crippen LogP contribution in [0, 0.1) is 0 Å². The van der Waals surface area contributed by atoms with Gasteiger partial charge in [-0.2, -0.15) is 4.98 Å². The lowest BCUT2D eigenvalue weighted by Crippen LogP contribution is -2.33. The Balaban J connectivity index is 2.08. The molecule has 4 unspecified atom stereocenters. The summed E-state index contributed by atoms with van der Waals surface area (Å²) in [6.07, 6.45) is 3.54. The number of nitrogens with zero attached hydrogens (tertiary/aromatic N) is 2. The van der Waals surface area contributed by atoms with Crippen LogP contribution in [-0.2, 0) is 4.74 Å². The van der Waals surface area contributed by atoms with Crippen LogP contribution in [0.4, 0.5) is 0 Å². The largest absolute Gasteiger partial charge is 0.394 e. The highest BCUT2D eigenvalue weighted by atomic mass is 32.2. The zero-order chi connectivity index (χ0) is 20.0. The second-order valence-electron chi connectivity index (χ2n) is 6.87. The molecule has 2 heterocycles. The van der Waals surface area contributed by atoms with Crippen molar-refractivity contribution in [3.05, 3.63) is 45.9 Å². The van der Waals surface area contributed by atoms with Crippen LogP contribution in [0.2, 0.25) is 0 Å². The van der Waals surface area contributed by atoms with Gasteiger partial charge in [-0.25, -0.2) is 0 Å². The van der Waals surface area contributed by atoms with Crippen molar-refractivity contribution >= 4 is 11.8 Å². The van der Waals surface area contributed by atoms with Crippen molar-refractivity contribution < 1.29 is 20.1 Å². The Bertz CT molecular complexity index is 742. The fourth-order valence-corrected chi connectivity index (χ4v) is 3.74. The molecule has 0 radical (unpaired) electrons. The van der Waals surface area contributed by atoms with Crippen LogP contribution < -0.4 is 5.56 Å². The van der Waals surface area contributed by atoms with Crippen molar-refractivity contribution in [2.24, 2.45) is 0 Å². The van der Waals surface area contributed by atoms with Gasteiger partial charge in [0.05, 0.1) is 6.61 Å². The first-order chi connectivity index (χ1) is 12.8. The van der Waals surface area contributed by atoms with Crippen molar-refractivity contribution in [3.63, 3.8) is 0 Å². The van der Waals surface area contributed by atoms with Crippen molar-refractivity contribution in [2.45, 2.75) is 63.3 Å². The van der Waals surface area contributed by atoms with E-state index < -0.39 is 31.1 Å². The van der Waals surface area contributed by atoms with E-state index in [4.69, 9.17) is 4.74 Å². The molecule has 27 heavy (non-hydrogen) atoms. The topological polar surface area (TPSA) is 105 Å². The van der Waals surface area contributed by atoms with E-state index in [-0.39, 0.29) is 5.56 Å². The minimum Gasteiger partial charge on any atom is -0.394 e. The first-order valence-corrected chi connectivity index (χ1v) is 9.95. The van der Waals surface area contributed by atoms with Gasteiger partial charge in [0.25, 0.3) is 5.56 Å². The Kier molecular flexibility index (Phi) is 8.25. The van der Waals surface area contributed by atoms with Gasteiger partial charge in [-0.1, -0.05) is 35.1 Å². The molecule has 1 aromatic rings. The molecule has 2 rings (SSSR count). The molecule has 3 N–H and O–H groups in total. The molecule has 0 amide bonds. The van der Waals surface area contributed by atoms with E-state index in [0.717, 1.165) is 12.8 Å². The van der Waals surface area contributed by atoms with Crippen LogP contribution in [0.1, 0.15) is 39.8 Å². The maximum absolute atomic E-state index is 11.7. The van der Waals surface area contributed by atoms with E-state index in [0.29, 0.717) is 10.9 Å². The maximum atomic E-state index is 11.7. The van der Waals surface area contributed by atoms with Gasteiger partial charge in [0.1, 0.15) is 18.3 Å².